The minimum Gasteiger partial charge on any atom is -0.312 e. The molecule has 0 heterocycles. The molecular weight excluding hydrogens is 230 g/mol. The third-order valence-corrected chi connectivity index (χ3v) is 4.62. The van der Waals surface area contributed by atoms with E-state index in [9.17, 15) is 0 Å². The Balaban J connectivity index is 1.85. The van der Waals surface area contributed by atoms with E-state index >= 15 is 0 Å². The summed E-state index contributed by atoms with van der Waals surface area (Å²) in [6.45, 7) is 11.3. The van der Waals surface area contributed by atoms with Crippen LogP contribution < -0.4 is 5.32 Å². The van der Waals surface area contributed by atoms with E-state index in [4.69, 9.17) is 0 Å². The molecule has 1 fully saturated rings. The first kappa shape index (κ1) is 14.6. The van der Waals surface area contributed by atoms with E-state index < -0.39 is 0 Å². The van der Waals surface area contributed by atoms with Crippen LogP contribution in [0.25, 0.3) is 0 Å². The molecule has 1 saturated carbocycles. The maximum absolute atomic E-state index is 3.69. The van der Waals surface area contributed by atoms with Gasteiger partial charge in [0.1, 0.15) is 0 Å². The van der Waals surface area contributed by atoms with Crippen molar-refractivity contribution in [1.82, 2.24) is 5.32 Å². The van der Waals surface area contributed by atoms with E-state index in [0.29, 0.717) is 0 Å². The summed E-state index contributed by atoms with van der Waals surface area (Å²) in [5, 5.41) is 3.69. The molecule has 2 atom stereocenters. The summed E-state index contributed by atoms with van der Waals surface area (Å²) in [7, 11) is 0. The molecule has 0 aliphatic heterocycles. The molecule has 0 saturated heterocycles. The van der Waals surface area contributed by atoms with Crippen molar-refractivity contribution in [3.05, 3.63) is 34.4 Å². The van der Waals surface area contributed by atoms with Gasteiger partial charge in [-0.25, -0.2) is 0 Å². The lowest BCUT2D eigenvalue weighted by molar-refractivity contribution is 0.274. The molecule has 0 amide bonds. The smallest absolute Gasteiger partial charge is 0.0210 e. The maximum Gasteiger partial charge on any atom is 0.0210 e. The highest BCUT2D eigenvalue weighted by atomic mass is 14.9. The predicted octanol–water partition coefficient (Wildman–Crippen LogP) is 4.53. The minimum absolute atomic E-state index is 0.898. The van der Waals surface area contributed by atoms with E-state index in [1.165, 1.54) is 54.5 Å². The number of rotatable bonds is 4. The molecule has 19 heavy (non-hydrogen) atoms. The van der Waals surface area contributed by atoms with Crippen molar-refractivity contribution in [1.29, 1.82) is 0 Å². The van der Waals surface area contributed by atoms with E-state index in [-0.39, 0.29) is 0 Å². The predicted molar refractivity (Wildman–Crippen MR) is 83.5 cm³/mol. The molecule has 1 aromatic carbocycles. The fourth-order valence-corrected chi connectivity index (χ4v) is 3.64. The summed E-state index contributed by atoms with van der Waals surface area (Å²) in [4.78, 5) is 0. The van der Waals surface area contributed by atoms with Crippen LogP contribution in [0.15, 0.2) is 12.1 Å². The molecule has 0 bridgehead atoms. The van der Waals surface area contributed by atoms with Gasteiger partial charge >= 0.3 is 0 Å². The van der Waals surface area contributed by atoms with Crippen LogP contribution in [0.3, 0.4) is 0 Å². The lowest BCUT2D eigenvalue weighted by atomic mass is 9.82. The van der Waals surface area contributed by atoms with Gasteiger partial charge in [0.2, 0.25) is 0 Å². The summed E-state index contributed by atoms with van der Waals surface area (Å²) in [5.74, 6) is 1.83. The number of hydrogen-bond donors (Lipinski definition) is 1. The molecule has 1 nitrogen and oxygen atoms in total. The lowest BCUT2D eigenvalue weighted by Crippen LogP contribution is -2.26. The number of nitrogens with one attached hydrogen (secondary N) is 1. The van der Waals surface area contributed by atoms with Gasteiger partial charge in [-0.1, -0.05) is 37.5 Å². The van der Waals surface area contributed by atoms with Gasteiger partial charge in [0, 0.05) is 6.54 Å². The van der Waals surface area contributed by atoms with Crippen LogP contribution in [0.1, 0.15) is 54.9 Å². The summed E-state index contributed by atoms with van der Waals surface area (Å²) in [6, 6.07) is 4.60. The van der Waals surface area contributed by atoms with E-state index in [0.717, 1.165) is 18.4 Å². The summed E-state index contributed by atoms with van der Waals surface area (Å²) in [5.41, 5.74) is 5.73. The van der Waals surface area contributed by atoms with Crippen LogP contribution in [-0.2, 0) is 6.54 Å². The Kier molecular flexibility index (Phi) is 5.04. The quantitative estimate of drug-likeness (QED) is 0.838. The molecule has 0 aromatic heterocycles. The molecule has 106 valence electrons. The topological polar surface area (TPSA) is 12.0 Å². The second-order valence-electron chi connectivity index (χ2n) is 6.65. The maximum atomic E-state index is 3.69. The van der Waals surface area contributed by atoms with E-state index in [1.807, 2.05) is 0 Å². The largest absolute Gasteiger partial charge is 0.312 e. The summed E-state index contributed by atoms with van der Waals surface area (Å²) >= 11 is 0. The fourth-order valence-electron chi connectivity index (χ4n) is 3.64. The zero-order valence-electron chi connectivity index (χ0n) is 13.1. The normalized spacial score (nSPS) is 23.6. The highest BCUT2D eigenvalue weighted by Gasteiger charge is 2.18. The van der Waals surface area contributed by atoms with Crippen LogP contribution in [-0.4, -0.2) is 6.54 Å². The number of aryl methyl sites for hydroxylation is 3. The van der Waals surface area contributed by atoms with E-state index in [2.05, 4.69) is 45.1 Å². The van der Waals surface area contributed by atoms with Crippen molar-refractivity contribution in [2.24, 2.45) is 11.8 Å². The Morgan fingerprint density at radius 1 is 1.11 bits per heavy atom. The van der Waals surface area contributed by atoms with Crippen molar-refractivity contribution in [2.75, 3.05) is 6.54 Å². The molecule has 1 aliphatic rings. The van der Waals surface area contributed by atoms with Crippen LogP contribution >= 0.6 is 0 Å². The molecule has 1 aromatic rings. The van der Waals surface area contributed by atoms with Gasteiger partial charge in [0.15, 0.2) is 0 Å². The third kappa shape index (κ3) is 4.07. The molecular formula is C18H29N. The van der Waals surface area contributed by atoms with Crippen LogP contribution in [0.4, 0.5) is 0 Å². The van der Waals surface area contributed by atoms with Crippen LogP contribution in [0.5, 0.6) is 0 Å². The van der Waals surface area contributed by atoms with Gasteiger partial charge < -0.3 is 5.32 Å². The first-order valence-corrected chi connectivity index (χ1v) is 7.83. The lowest BCUT2D eigenvalue weighted by Gasteiger charge is -2.27. The molecule has 1 N–H and O–H groups in total. The van der Waals surface area contributed by atoms with E-state index in [1.54, 1.807) is 0 Å². The molecule has 0 radical (unpaired) electrons. The first-order valence-electron chi connectivity index (χ1n) is 7.83. The van der Waals surface area contributed by atoms with Gasteiger partial charge in [-0.15, -0.1) is 0 Å². The Morgan fingerprint density at radius 3 is 2.42 bits per heavy atom. The van der Waals surface area contributed by atoms with Gasteiger partial charge in [-0.2, -0.15) is 0 Å². The average Bonchev–Trinajstić information content (AvgIpc) is 2.32. The first-order chi connectivity index (χ1) is 9.06. The highest BCUT2D eigenvalue weighted by molar-refractivity contribution is 5.37. The fraction of sp³-hybridized carbons (Fsp3) is 0.667. The summed E-state index contributed by atoms with van der Waals surface area (Å²) in [6.07, 6.45) is 5.70. The number of hydrogen-bond acceptors (Lipinski definition) is 1. The third-order valence-electron chi connectivity index (χ3n) is 4.62. The van der Waals surface area contributed by atoms with Crippen LogP contribution in [0.2, 0.25) is 0 Å². The number of benzene rings is 1. The second kappa shape index (κ2) is 6.56. The zero-order chi connectivity index (χ0) is 13.8. The Hall–Kier alpha value is -0.820. The van der Waals surface area contributed by atoms with Crippen molar-refractivity contribution < 1.29 is 0 Å². The molecule has 1 heteroatoms. The van der Waals surface area contributed by atoms with Crippen molar-refractivity contribution in [3.8, 4) is 0 Å². The second-order valence-corrected chi connectivity index (χ2v) is 6.65. The molecule has 2 unspecified atom stereocenters. The molecule has 1 aliphatic carbocycles. The van der Waals surface area contributed by atoms with Crippen molar-refractivity contribution in [2.45, 2.75) is 59.9 Å². The standard InChI is InChI=1S/C18H29N/c1-13-6-5-7-17(10-13)11-19-12-18-15(3)8-14(2)9-16(18)4/h8-9,13,17,19H,5-7,10-12H2,1-4H3. The van der Waals surface area contributed by atoms with Gasteiger partial charge in [-0.3, -0.25) is 0 Å². The monoisotopic (exact) mass is 259 g/mol. The highest BCUT2D eigenvalue weighted by Crippen LogP contribution is 2.28. The SMILES string of the molecule is Cc1cc(C)c(CNCC2CCCC(C)C2)c(C)c1. The van der Waals surface area contributed by atoms with Crippen LogP contribution in [0, 0.1) is 32.6 Å². The summed E-state index contributed by atoms with van der Waals surface area (Å²) < 4.78 is 0. The Labute approximate surface area is 118 Å². The van der Waals surface area contributed by atoms with Gasteiger partial charge in [-0.05, 0) is 68.7 Å². The molecule has 2 rings (SSSR count). The van der Waals surface area contributed by atoms with Crippen molar-refractivity contribution in [3.63, 3.8) is 0 Å². The minimum atomic E-state index is 0.898. The zero-order valence-corrected chi connectivity index (χ0v) is 13.1. The van der Waals surface area contributed by atoms with Gasteiger partial charge in [0.05, 0.1) is 0 Å². The Morgan fingerprint density at radius 2 is 1.79 bits per heavy atom. The average molecular weight is 259 g/mol. The van der Waals surface area contributed by atoms with Crippen molar-refractivity contribution >= 4 is 0 Å². The van der Waals surface area contributed by atoms with Gasteiger partial charge in [0.25, 0.3) is 0 Å². The molecule has 0 spiro atoms. The Bertz CT molecular complexity index is 399.